The molecule has 3 rings (SSSR count). The fourth-order valence-corrected chi connectivity index (χ4v) is 4.84. The highest BCUT2D eigenvalue weighted by Gasteiger charge is 2.40. The predicted molar refractivity (Wildman–Crippen MR) is 107 cm³/mol. The Kier molecular flexibility index (Phi) is 6.37. The highest BCUT2D eigenvalue weighted by molar-refractivity contribution is 5.96. The van der Waals surface area contributed by atoms with Crippen LogP contribution in [0, 0.1) is 38.5 Å². The molecular formula is C22H30N2O4. The van der Waals surface area contributed by atoms with Crippen molar-refractivity contribution in [2.75, 3.05) is 18.5 Å². The number of aryl methyl sites for hydroxylation is 3. The van der Waals surface area contributed by atoms with Gasteiger partial charge in [0.15, 0.2) is 6.61 Å². The van der Waals surface area contributed by atoms with Crippen molar-refractivity contribution in [3.63, 3.8) is 0 Å². The quantitative estimate of drug-likeness (QED) is 0.706. The van der Waals surface area contributed by atoms with Crippen LogP contribution < -0.4 is 10.6 Å². The number of hydrogen-bond donors (Lipinski definition) is 2. The number of amides is 2. The smallest absolute Gasteiger partial charge is 0.306 e. The van der Waals surface area contributed by atoms with E-state index in [1.807, 2.05) is 32.9 Å². The van der Waals surface area contributed by atoms with Crippen molar-refractivity contribution in [1.82, 2.24) is 5.32 Å². The van der Waals surface area contributed by atoms with Crippen molar-refractivity contribution in [3.8, 4) is 0 Å². The van der Waals surface area contributed by atoms with Crippen LogP contribution in [0.2, 0.25) is 0 Å². The molecule has 0 spiro atoms. The van der Waals surface area contributed by atoms with Gasteiger partial charge in [-0.3, -0.25) is 14.4 Å². The summed E-state index contributed by atoms with van der Waals surface area (Å²) in [6, 6.07) is 3.99. The first kappa shape index (κ1) is 20.4. The number of rotatable bonds is 7. The molecular weight excluding hydrogens is 356 g/mol. The highest BCUT2D eigenvalue weighted by atomic mass is 16.5. The van der Waals surface area contributed by atoms with Crippen LogP contribution in [-0.2, 0) is 19.1 Å². The molecule has 2 saturated carbocycles. The molecule has 0 aliphatic heterocycles. The lowest BCUT2D eigenvalue weighted by molar-refractivity contribution is -0.149. The van der Waals surface area contributed by atoms with Gasteiger partial charge in [-0.15, -0.1) is 0 Å². The minimum atomic E-state index is -0.464. The van der Waals surface area contributed by atoms with Gasteiger partial charge in [0.25, 0.3) is 5.91 Å². The summed E-state index contributed by atoms with van der Waals surface area (Å²) >= 11 is 0. The average Bonchev–Trinajstić information content (AvgIpc) is 3.24. The first-order valence-electron chi connectivity index (χ1n) is 10.1. The summed E-state index contributed by atoms with van der Waals surface area (Å²) in [5.41, 5.74) is 3.86. The molecule has 0 aromatic heterocycles. The monoisotopic (exact) mass is 386 g/mol. The summed E-state index contributed by atoms with van der Waals surface area (Å²) in [5.74, 6) is 0.767. The third kappa shape index (κ3) is 5.12. The maximum Gasteiger partial charge on any atom is 0.306 e. The number of fused-ring (bicyclic) bond motifs is 2. The van der Waals surface area contributed by atoms with E-state index in [0.717, 1.165) is 34.7 Å². The van der Waals surface area contributed by atoms with Gasteiger partial charge in [0.2, 0.25) is 5.91 Å². The molecule has 0 unspecified atom stereocenters. The molecule has 0 heterocycles. The normalized spacial score (nSPS) is 22.8. The van der Waals surface area contributed by atoms with Gasteiger partial charge in [-0.05, 0) is 68.9 Å². The van der Waals surface area contributed by atoms with Crippen LogP contribution in [0.15, 0.2) is 12.1 Å². The predicted octanol–water partition coefficient (Wildman–Crippen LogP) is 3.04. The number of esters is 1. The zero-order valence-electron chi connectivity index (χ0n) is 17.0. The molecule has 2 aliphatic rings. The molecule has 2 aliphatic carbocycles. The van der Waals surface area contributed by atoms with Crippen LogP contribution >= 0.6 is 0 Å². The molecule has 2 bridgehead atoms. The maximum atomic E-state index is 12.1. The Balaban J connectivity index is 1.36. The van der Waals surface area contributed by atoms with Gasteiger partial charge in [0.1, 0.15) is 0 Å². The van der Waals surface area contributed by atoms with E-state index in [0.29, 0.717) is 18.3 Å². The lowest BCUT2D eigenvalue weighted by Crippen LogP contribution is -2.36. The van der Waals surface area contributed by atoms with Crippen molar-refractivity contribution in [1.29, 1.82) is 0 Å². The van der Waals surface area contributed by atoms with E-state index in [-0.39, 0.29) is 25.0 Å². The molecule has 152 valence electrons. The van der Waals surface area contributed by atoms with Gasteiger partial charge in [-0.1, -0.05) is 24.1 Å². The zero-order valence-corrected chi connectivity index (χ0v) is 17.0. The molecule has 1 aromatic rings. The number of ether oxygens (including phenoxy) is 1. The standard InChI is InChI=1S/C22H30N2O4/c1-13-6-14(2)22(15(3)7-13)24-19(25)11-23-20(26)12-28-21(27)10-18-9-16-4-5-17(18)8-16/h6-7,16-18H,4-5,8-12H2,1-3H3,(H,23,26)(H,24,25)/t16-,17+,18+/m0/s1. The van der Waals surface area contributed by atoms with Gasteiger partial charge in [0.05, 0.1) is 6.54 Å². The fraction of sp³-hybridized carbons (Fsp3) is 0.591. The van der Waals surface area contributed by atoms with E-state index in [2.05, 4.69) is 10.6 Å². The summed E-state index contributed by atoms with van der Waals surface area (Å²) in [6.07, 6.45) is 5.28. The minimum Gasteiger partial charge on any atom is -0.456 e. The molecule has 6 heteroatoms. The van der Waals surface area contributed by atoms with E-state index in [1.165, 1.54) is 19.3 Å². The Morgan fingerprint density at radius 2 is 1.75 bits per heavy atom. The molecule has 1 aromatic carbocycles. The highest BCUT2D eigenvalue weighted by Crippen LogP contribution is 2.49. The Morgan fingerprint density at radius 3 is 2.36 bits per heavy atom. The zero-order chi connectivity index (χ0) is 20.3. The molecule has 2 fully saturated rings. The number of anilines is 1. The van der Waals surface area contributed by atoms with Crippen molar-refractivity contribution in [2.45, 2.75) is 52.9 Å². The van der Waals surface area contributed by atoms with Gasteiger partial charge in [-0.25, -0.2) is 0 Å². The van der Waals surface area contributed by atoms with Gasteiger partial charge in [-0.2, -0.15) is 0 Å². The second kappa shape index (κ2) is 8.76. The number of carbonyl (C=O) groups is 3. The van der Waals surface area contributed by atoms with Crippen LogP contribution in [0.5, 0.6) is 0 Å². The third-order valence-corrected chi connectivity index (χ3v) is 6.07. The minimum absolute atomic E-state index is 0.157. The first-order valence-corrected chi connectivity index (χ1v) is 10.1. The lowest BCUT2D eigenvalue weighted by Gasteiger charge is -2.20. The lowest BCUT2D eigenvalue weighted by atomic mass is 9.86. The second-order valence-electron chi connectivity index (χ2n) is 8.40. The second-order valence-corrected chi connectivity index (χ2v) is 8.40. The van der Waals surface area contributed by atoms with Crippen molar-refractivity contribution >= 4 is 23.5 Å². The molecule has 0 saturated heterocycles. The molecule has 3 atom stereocenters. The number of nitrogens with one attached hydrogen (secondary N) is 2. The summed E-state index contributed by atoms with van der Waals surface area (Å²) in [5, 5.41) is 5.33. The van der Waals surface area contributed by atoms with Crippen LogP contribution in [0.4, 0.5) is 5.69 Å². The Labute approximate surface area is 166 Å². The summed E-state index contributed by atoms with van der Waals surface area (Å²) in [7, 11) is 0. The van der Waals surface area contributed by atoms with Crippen LogP contribution in [0.1, 0.15) is 48.8 Å². The van der Waals surface area contributed by atoms with E-state index in [4.69, 9.17) is 4.74 Å². The summed E-state index contributed by atoms with van der Waals surface area (Å²) < 4.78 is 5.09. The average molecular weight is 386 g/mol. The van der Waals surface area contributed by atoms with Gasteiger partial charge >= 0.3 is 5.97 Å². The van der Waals surface area contributed by atoms with Crippen molar-refractivity contribution in [2.24, 2.45) is 17.8 Å². The van der Waals surface area contributed by atoms with Gasteiger partial charge < -0.3 is 15.4 Å². The molecule has 28 heavy (non-hydrogen) atoms. The third-order valence-electron chi connectivity index (χ3n) is 6.07. The summed E-state index contributed by atoms with van der Waals surface area (Å²) in [6.45, 7) is 5.38. The van der Waals surface area contributed by atoms with E-state index >= 15 is 0 Å². The van der Waals surface area contributed by atoms with Crippen LogP contribution in [0.25, 0.3) is 0 Å². The summed E-state index contributed by atoms with van der Waals surface area (Å²) in [4.78, 5) is 36.0. The topological polar surface area (TPSA) is 84.5 Å². The van der Waals surface area contributed by atoms with Crippen LogP contribution in [0.3, 0.4) is 0 Å². The largest absolute Gasteiger partial charge is 0.456 e. The van der Waals surface area contributed by atoms with E-state index < -0.39 is 5.91 Å². The molecule has 2 amide bonds. The Morgan fingerprint density at radius 1 is 1.04 bits per heavy atom. The van der Waals surface area contributed by atoms with Gasteiger partial charge in [0, 0.05) is 12.1 Å². The van der Waals surface area contributed by atoms with Crippen molar-refractivity contribution < 1.29 is 19.1 Å². The Bertz CT molecular complexity index is 751. The first-order chi connectivity index (χ1) is 13.3. The molecule has 6 nitrogen and oxygen atoms in total. The number of benzene rings is 1. The number of hydrogen-bond acceptors (Lipinski definition) is 4. The van der Waals surface area contributed by atoms with Crippen molar-refractivity contribution in [3.05, 3.63) is 28.8 Å². The van der Waals surface area contributed by atoms with E-state index in [1.54, 1.807) is 0 Å². The molecule has 2 N–H and O–H groups in total. The molecule has 0 radical (unpaired) electrons. The Hall–Kier alpha value is -2.37. The van der Waals surface area contributed by atoms with Crippen LogP contribution in [-0.4, -0.2) is 30.9 Å². The number of carbonyl (C=O) groups excluding carboxylic acids is 3. The van der Waals surface area contributed by atoms with E-state index in [9.17, 15) is 14.4 Å². The fourth-order valence-electron chi connectivity index (χ4n) is 4.84. The maximum absolute atomic E-state index is 12.1. The SMILES string of the molecule is Cc1cc(C)c(NC(=O)CNC(=O)COC(=O)C[C@H]2C[C@H]3CC[C@@H]2C3)c(C)c1.